The minimum absolute atomic E-state index is 0.167. The summed E-state index contributed by atoms with van der Waals surface area (Å²) in [5, 5.41) is 2.88. The molecule has 1 aliphatic rings. The van der Waals surface area contributed by atoms with Gasteiger partial charge < -0.3 is 5.32 Å². The molecule has 0 saturated carbocycles. The Morgan fingerprint density at radius 3 is 2.41 bits per heavy atom. The molecule has 29 heavy (non-hydrogen) atoms. The predicted molar refractivity (Wildman–Crippen MR) is 116 cm³/mol. The van der Waals surface area contributed by atoms with Crippen LogP contribution in [0.5, 0.6) is 0 Å². The Labute approximate surface area is 173 Å². The first-order chi connectivity index (χ1) is 14.0. The second kappa shape index (κ2) is 9.74. The number of benzene rings is 2. The number of amides is 1. The van der Waals surface area contributed by atoms with Gasteiger partial charge in [0.1, 0.15) is 6.54 Å². The quantitative estimate of drug-likeness (QED) is 0.661. The highest BCUT2D eigenvalue weighted by molar-refractivity contribution is 7.92. The molecule has 0 unspecified atom stereocenters. The molecule has 0 fully saturated rings. The van der Waals surface area contributed by atoms with Crippen LogP contribution in [-0.2, 0) is 14.8 Å². The van der Waals surface area contributed by atoms with Crippen molar-refractivity contribution in [3.63, 3.8) is 0 Å². The SMILES string of the molecule is Cc1ccc(N(CC(=O)NCCC2=CCCCC2)S(=O)(=O)c2ccccc2)cc1. The van der Waals surface area contributed by atoms with Crippen molar-refractivity contribution < 1.29 is 13.2 Å². The first-order valence-corrected chi connectivity index (χ1v) is 11.5. The predicted octanol–water partition coefficient (Wildman–Crippen LogP) is 4.20. The molecule has 0 saturated heterocycles. The van der Waals surface area contributed by atoms with Gasteiger partial charge >= 0.3 is 0 Å². The maximum atomic E-state index is 13.2. The molecule has 1 N–H and O–H groups in total. The minimum atomic E-state index is -3.85. The van der Waals surface area contributed by atoms with Gasteiger partial charge in [-0.1, -0.05) is 47.5 Å². The highest BCUT2D eigenvalue weighted by atomic mass is 32.2. The number of allylic oxidation sites excluding steroid dienone is 1. The molecule has 0 heterocycles. The average molecular weight is 413 g/mol. The highest BCUT2D eigenvalue weighted by Gasteiger charge is 2.26. The summed E-state index contributed by atoms with van der Waals surface area (Å²) in [5.74, 6) is -0.304. The number of rotatable bonds is 8. The van der Waals surface area contributed by atoms with Crippen LogP contribution in [0.15, 0.2) is 71.1 Å². The summed E-state index contributed by atoms with van der Waals surface area (Å²) >= 11 is 0. The van der Waals surface area contributed by atoms with Crippen LogP contribution in [-0.4, -0.2) is 27.4 Å². The number of hydrogen-bond acceptors (Lipinski definition) is 3. The average Bonchev–Trinajstić information content (AvgIpc) is 2.74. The summed E-state index contributed by atoms with van der Waals surface area (Å²) in [4.78, 5) is 12.7. The minimum Gasteiger partial charge on any atom is -0.354 e. The lowest BCUT2D eigenvalue weighted by Crippen LogP contribution is -2.41. The van der Waals surface area contributed by atoms with Crippen molar-refractivity contribution in [2.75, 3.05) is 17.4 Å². The molecule has 2 aromatic carbocycles. The number of hydrogen-bond donors (Lipinski definition) is 1. The van der Waals surface area contributed by atoms with Gasteiger partial charge in [-0.15, -0.1) is 0 Å². The van der Waals surface area contributed by atoms with Crippen LogP contribution in [0.1, 0.15) is 37.7 Å². The maximum Gasteiger partial charge on any atom is 0.264 e. The van der Waals surface area contributed by atoms with E-state index in [1.165, 1.54) is 22.7 Å². The summed E-state index contributed by atoms with van der Waals surface area (Å²) < 4.78 is 27.6. The van der Waals surface area contributed by atoms with Crippen LogP contribution >= 0.6 is 0 Å². The van der Waals surface area contributed by atoms with Gasteiger partial charge in [0, 0.05) is 6.54 Å². The van der Waals surface area contributed by atoms with Gasteiger partial charge in [0.15, 0.2) is 0 Å². The molecular formula is C23H28N2O3S. The van der Waals surface area contributed by atoms with Crippen molar-refractivity contribution in [3.05, 3.63) is 71.8 Å². The second-order valence-electron chi connectivity index (χ2n) is 7.37. The van der Waals surface area contributed by atoms with Crippen LogP contribution in [0.2, 0.25) is 0 Å². The molecule has 0 atom stereocenters. The van der Waals surface area contributed by atoms with E-state index in [0.717, 1.165) is 24.8 Å². The number of anilines is 1. The number of aryl methyl sites for hydroxylation is 1. The van der Waals surface area contributed by atoms with Crippen molar-refractivity contribution in [2.24, 2.45) is 0 Å². The van der Waals surface area contributed by atoms with Crippen molar-refractivity contribution in [1.29, 1.82) is 0 Å². The molecule has 1 amide bonds. The monoisotopic (exact) mass is 412 g/mol. The van der Waals surface area contributed by atoms with E-state index in [4.69, 9.17) is 0 Å². The number of carbonyl (C=O) groups excluding carboxylic acids is 1. The van der Waals surface area contributed by atoms with Gasteiger partial charge in [0.05, 0.1) is 10.6 Å². The summed E-state index contributed by atoms with van der Waals surface area (Å²) in [6, 6.07) is 15.4. The van der Waals surface area contributed by atoms with Gasteiger partial charge in [-0.05, 0) is 63.3 Å². The van der Waals surface area contributed by atoms with Crippen LogP contribution in [0.4, 0.5) is 5.69 Å². The number of sulfonamides is 1. The Morgan fingerprint density at radius 1 is 1.03 bits per heavy atom. The summed E-state index contributed by atoms with van der Waals surface area (Å²) in [6.45, 7) is 2.21. The van der Waals surface area contributed by atoms with Crippen molar-refractivity contribution >= 4 is 21.6 Å². The molecule has 0 radical (unpaired) electrons. The molecular weight excluding hydrogens is 384 g/mol. The molecule has 5 nitrogen and oxygen atoms in total. The standard InChI is InChI=1S/C23H28N2O3S/c1-19-12-14-21(15-13-19)25(29(27,28)22-10-6-3-7-11-22)18-23(26)24-17-16-20-8-4-2-5-9-20/h3,6-8,10-15H,2,4-5,9,16-18H2,1H3,(H,24,26). The van der Waals surface area contributed by atoms with Gasteiger partial charge in [-0.25, -0.2) is 8.42 Å². The lowest BCUT2D eigenvalue weighted by Gasteiger charge is -2.24. The zero-order chi connectivity index (χ0) is 20.7. The molecule has 0 aromatic heterocycles. The molecule has 0 spiro atoms. The number of nitrogens with zero attached hydrogens (tertiary/aromatic N) is 1. The van der Waals surface area contributed by atoms with Crippen LogP contribution in [0.25, 0.3) is 0 Å². The topological polar surface area (TPSA) is 66.5 Å². The third-order valence-electron chi connectivity index (χ3n) is 5.09. The van der Waals surface area contributed by atoms with Gasteiger partial charge in [0.25, 0.3) is 10.0 Å². The molecule has 154 valence electrons. The van der Waals surface area contributed by atoms with E-state index >= 15 is 0 Å². The Bertz CT molecular complexity index is 951. The maximum absolute atomic E-state index is 13.2. The van der Waals surface area contributed by atoms with Gasteiger partial charge in [-0.2, -0.15) is 0 Å². The van der Waals surface area contributed by atoms with Gasteiger partial charge in [0.2, 0.25) is 5.91 Å². The fraction of sp³-hybridized carbons (Fsp3) is 0.348. The molecule has 0 aliphatic heterocycles. The summed E-state index contributed by atoms with van der Waals surface area (Å²) in [6.07, 6.45) is 7.72. The van der Waals surface area contributed by atoms with Crippen molar-refractivity contribution in [2.45, 2.75) is 43.9 Å². The third-order valence-corrected chi connectivity index (χ3v) is 6.88. The zero-order valence-corrected chi connectivity index (χ0v) is 17.6. The fourth-order valence-electron chi connectivity index (χ4n) is 3.43. The molecule has 1 aliphatic carbocycles. The van der Waals surface area contributed by atoms with E-state index in [-0.39, 0.29) is 17.3 Å². The second-order valence-corrected chi connectivity index (χ2v) is 9.23. The van der Waals surface area contributed by atoms with Crippen LogP contribution in [0.3, 0.4) is 0 Å². The molecule has 0 bridgehead atoms. The lowest BCUT2D eigenvalue weighted by atomic mass is 9.97. The number of nitrogens with one attached hydrogen (secondary N) is 1. The Balaban J connectivity index is 1.74. The third kappa shape index (κ3) is 5.70. The van der Waals surface area contributed by atoms with Crippen molar-refractivity contribution in [3.8, 4) is 0 Å². The van der Waals surface area contributed by atoms with E-state index in [1.807, 2.05) is 19.1 Å². The smallest absolute Gasteiger partial charge is 0.264 e. The molecule has 2 aromatic rings. The van der Waals surface area contributed by atoms with E-state index in [9.17, 15) is 13.2 Å². The first kappa shape index (κ1) is 21.1. The fourth-order valence-corrected chi connectivity index (χ4v) is 4.87. The Morgan fingerprint density at radius 2 is 1.76 bits per heavy atom. The van der Waals surface area contributed by atoms with Crippen molar-refractivity contribution in [1.82, 2.24) is 5.32 Å². The lowest BCUT2D eigenvalue weighted by molar-refractivity contribution is -0.119. The summed E-state index contributed by atoms with van der Waals surface area (Å²) in [5.41, 5.74) is 2.88. The zero-order valence-electron chi connectivity index (χ0n) is 16.8. The summed E-state index contributed by atoms with van der Waals surface area (Å²) in [7, 11) is -3.85. The van der Waals surface area contributed by atoms with E-state index in [0.29, 0.717) is 12.2 Å². The largest absolute Gasteiger partial charge is 0.354 e. The Hall–Kier alpha value is -2.60. The van der Waals surface area contributed by atoms with Gasteiger partial charge in [-0.3, -0.25) is 9.10 Å². The van der Waals surface area contributed by atoms with E-state index in [2.05, 4.69) is 11.4 Å². The molecule has 6 heteroatoms. The molecule has 3 rings (SSSR count). The number of carbonyl (C=O) groups is 1. The Kier molecular flexibility index (Phi) is 7.09. The van der Waals surface area contributed by atoms with Crippen LogP contribution < -0.4 is 9.62 Å². The van der Waals surface area contributed by atoms with Crippen LogP contribution in [0, 0.1) is 6.92 Å². The first-order valence-electron chi connectivity index (χ1n) is 10.1. The highest BCUT2D eigenvalue weighted by Crippen LogP contribution is 2.24. The van der Waals surface area contributed by atoms with E-state index < -0.39 is 10.0 Å². The normalized spacial score (nSPS) is 14.2. The van der Waals surface area contributed by atoms with E-state index in [1.54, 1.807) is 42.5 Å².